The van der Waals surface area contributed by atoms with Crippen LogP contribution >= 0.6 is 0 Å². The van der Waals surface area contributed by atoms with Crippen molar-refractivity contribution >= 4 is 27.6 Å². The molecule has 3 rings (SSSR count). The first-order chi connectivity index (χ1) is 11.3. The van der Waals surface area contributed by atoms with Crippen LogP contribution in [0.2, 0.25) is 14.8 Å². The van der Waals surface area contributed by atoms with Crippen LogP contribution < -0.4 is 3.58 Å². The van der Waals surface area contributed by atoms with Gasteiger partial charge in [-0.1, -0.05) is 0 Å². The van der Waals surface area contributed by atoms with Crippen LogP contribution in [0.15, 0.2) is 30.3 Å². The summed E-state index contributed by atoms with van der Waals surface area (Å²) in [5.74, 6) is 0. The van der Waals surface area contributed by atoms with Crippen LogP contribution in [0.4, 0.5) is 0 Å². The van der Waals surface area contributed by atoms with Crippen LogP contribution in [0.3, 0.4) is 0 Å². The van der Waals surface area contributed by atoms with Gasteiger partial charge >= 0.3 is 149 Å². The zero-order valence-corrected chi connectivity index (χ0v) is 18.5. The maximum atomic E-state index is 4.84. The van der Waals surface area contributed by atoms with Crippen molar-refractivity contribution in [3.05, 3.63) is 58.5 Å². The van der Waals surface area contributed by atoms with Crippen LogP contribution in [0.25, 0.3) is 5.65 Å². The Morgan fingerprint density at radius 1 is 1.04 bits per heavy atom. The molecule has 0 aliphatic rings. The van der Waals surface area contributed by atoms with E-state index in [2.05, 4.69) is 63.5 Å². The Bertz CT molecular complexity index is 871. The zero-order valence-electron chi connectivity index (χ0n) is 15.6. The van der Waals surface area contributed by atoms with Crippen molar-refractivity contribution in [2.45, 2.75) is 48.4 Å². The summed E-state index contributed by atoms with van der Waals surface area (Å²) in [4.78, 5) is 12.2. The first-order valence-electron chi connectivity index (χ1n) is 8.73. The van der Waals surface area contributed by atoms with Crippen LogP contribution in [-0.4, -0.2) is 33.0 Å². The Kier molecular flexibility index (Phi) is 4.73. The van der Waals surface area contributed by atoms with E-state index in [-0.39, 0.29) is 0 Å². The molecule has 0 amide bonds. The average Bonchev–Trinajstić information content (AvgIpc) is 2.85. The quantitative estimate of drug-likeness (QED) is 0.588. The van der Waals surface area contributed by atoms with Crippen molar-refractivity contribution in [3.63, 3.8) is 0 Å². The van der Waals surface area contributed by atoms with Crippen LogP contribution in [0, 0.1) is 13.8 Å². The van der Waals surface area contributed by atoms with Crippen LogP contribution in [0.1, 0.15) is 35.1 Å². The van der Waals surface area contributed by atoms with Crippen LogP contribution in [-0.2, 0) is 12.8 Å². The van der Waals surface area contributed by atoms with E-state index in [0.717, 1.165) is 29.9 Å². The van der Waals surface area contributed by atoms with Gasteiger partial charge in [0.05, 0.1) is 0 Å². The second-order valence-corrected chi connectivity index (χ2v) is 22.2. The van der Waals surface area contributed by atoms with E-state index >= 15 is 0 Å². The molecule has 0 N–H and O–H groups in total. The molecule has 1 aromatic carbocycles. The van der Waals surface area contributed by atoms with E-state index in [1.165, 1.54) is 16.8 Å². The number of benzene rings is 1. The molecule has 0 fully saturated rings. The predicted octanol–water partition coefficient (Wildman–Crippen LogP) is 4.04. The molecule has 4 heteroatoms. The topological polar surface area (TPSA) is 30.2 Å². The fourth-order valence-electron chi connectivity index (χ4n) is 3.19. The van der Waals surface area contributed by atoms with Gasteiger partial charge in [0.15, 0.2) is 0 Å². The van der Waals surface area contributed by atoms with Gasteiger partial charge in [-0.2, -0.15) is 0 Å². The van der Waals surface area contributed by atoms with Gasteiger partial charge in [0.25, 0.3) is 0 Å². The summed E-state index contributed by atoms with van der Waals surface area (Å²) in [6.45, 7) is 6.34. The minimum atomic E-state index is -1.97. The Labute approximate surface area is 149 Å². The van der Waals surface area contributed by atoms with Crippen molar-refractivity contribution in [2.75, 3.05) is 0 Å². The molecule has 0 aliphatic heterocycles. The summed E-state index contributed by atoms with van der Waals surface area (Å²) in [5.41, 5.74) is 6.96. The molecule has 3 nitrogen and oxygen atoms in total. The molecule has 2 aromatic heterocycles. The Hall–Kier alpha value is -1.36. The van der Waals surface area contributed by atoms with E-state index in [1.54, 1.807) is 3.58 Å². The Morgan fingerprint density at radius 2 is 1.71 bits per heavy atom. The molecule has 0 radical (unpaired) electrons. The Balaban J connectivity index is 2.03. The number of rotatable bonds is 4. The molecule has 0 spiro atoms. The van der Waals surface area contributed by atoms with Gasteiger partial charge in [0, 0.05) is 0 Å². The molecule has 0 aliphatic carbocycles. The van der Waals surface area contributed by atoms with Crippen molar-refractivity contribution in [1.82, 2.24) is 14.6 Å². The second kappa shape index (κ2) is 6.51. The zero-order chi connectivity index (χ0) is 17.5. The fraction of sp³-hybridized carbons (Fsp3) is 0.400. The number of aryl methyl sites for hydroxylation is 3. The predicted molar refractivity (Wildman–Crippen MR) is 104 cm³/mol. The number of hydrogen-bond donors (Lipinski definition) is 0. The standard InChI is InChI=1S/C17H18N3.3CH3.Sn/c1-4-15-16(11-14-8-6-5-7-9-14)20-17(18-15)12(2)10-13(3)19-20;;;;/h6-10H,4,11H2,1-3H3;3*1H3;. The third-order valence-corrected chi connectivity index (χ3v) is 10.5. The van der Waals surface area contributed by atoms with E-state index in [1.807, 2.05) is 6.92 Å². The summed E-state index contributed by atoms with van der Waals surface area (Å²) in [5, 5.41) is 4.72. The third-order valence-electron chi connectivity index (χ3n) is 4.59. The van der Waals surface area contributed by atoms with Gasteiger partial charge in [0.1, 0.15) is 0 Å². The molecule has 24 heavy (non-hydrogen) atoms. The van der Waals surface area contributed by atoms with Gasteiger partial charge in [-0.15, -0.1) is 0 Å². The minimum absolute atomic E-state index is 0.889. The first-order valence-corrected chi connectivity index (χ1v) is 18.7. The molecule has 3 aromatic rings. The number of fused-ring (bicyclic) bond motifs is 1. The molecular weight excluding hydrogens is 401 g/mol. The monoisotopic (exact) mass is 429 g/mol. The maximum absolute atomic E-state index is 4.84. The molecule has 0 saturated carbocycles. The van der Waals surface area contributed by atoms with Crippen LogP contribution in [0.5, 0.6) is 0 Å². The van der Waals surface area contributed by atoms with E-state index in [0.29, 0.717) is 0 Å². The summed E-state index contributed by atoms with van der Waals surface area (Å²) in [7, 11) is 0. The second-order valence-electron chi connectivity index (χ2n) is 7.69. The molecule has 0 atom stereocenters. The van der Waals surface area contributed by atoms with Gasteiger partial charge < -0.3 is 0 Å². The molecule has 2 heterocycles. The SMILES string of the molecule is CCc1nc2c(C)cc(C)nn2c1Cc1cc[c]([Sn]([CH3])([CH3])[CH3])cc1. The summed E-state index contributed by atoms with van der Waals surface area (Å²) >= 11 is -1.97. The molecular formula is C20H27N3Sn. The summed E-state index contributed by atoms with van der Waals surface area (Å²) in [6.07, 6.45) is 1.83. The average molecular weight is 428 g/mol. The number of imidazole rings is 1. The third kappa shape index (κ3) is 3.36. The van der Waals surface area contributed by atoms with E-state index in [4.69, 9.17) is 10.1 Å². The van der Waals surface area contributed by atoms with Gasteiger partial charge in [-0.25, -0.2) is 0 Å². The number of nitrogens with zero attached hydrogens (tertiary/aromatic N) is 3. The van der Waals surface area contributed by atoms with Crippen molar-refractivity contribution in [2.24, 2.45) is 0 Å². The normalized spacial score (nSPS) is 12.1. The van der Waals surface area contributed by atoms with E-state index in [9.17, 15) is 0 Å². The van der Waals surface area contributed by atoms with Crippen molar-refractivity contribution in [3.8, 4) is 0 Å². The van der Waals surface area contributed by atoms with E-state index < -0.39 is 18.4 Å². The number of aromatic nitrogens is 3. The fourth-order valence-corrected chi connectivity index (χ4v) is 6.52. The van der Waals surface area contributed by atoms with Gasteiger partial charge in [-0.3, -0.25) is 0 Å². The molecule has 0 bridgehead atoms. The molecule has 126 valence electrons. The van der Waals surface area contributed by atoms with Gasteiger partial charge in [0.2, 0.25) is 0 Å². The Morgan fingerprint density at radius 3 is 2.29 bits per heavy atom. The first kappa shape index (κ1) is 17.5. The summed E-state index contributed by atoms with van der Waals surface area (Å²) in [6, 6.07) is 11.4. The molecule has 0 saturated heterocycles. The number of hydrogen-bond acceptors (Lipinski definition) is 2. The summed E-state index contributed by atoms with van der Waals surface area (Å²) < 4.78 is 3.63. The van der Waals surface area contributed by atoms with Crippen molar-refractivity contribution < 1.29 is 0 Å². The van der Waals surface area contributed by atoms with Crippen molar-refractivity contribution in [1.29, 1.82) is 0 Å². The molecule has 0 unspecified atom stereocenters. The van der Waals surface area contributed by atoms with Gasteiger partial charge in [-0.05, 0) is 0 Å².